The monoisotopic (exact) mass is 358 g/mol. The fraction of sp³-hybridized carbons (Fsp3) is 0. The third-order valence-corrected chi connectivity index (χ3v) is 4.65. The molecule has 0 aliphatic carbocycles. The van der Waals surface area contributed by atoms with E-state index in [1.54, 1.807) is 18.2 Å². The van der Waals surface area contributed by atoms with Crippen molar-refractivity contribution in [3.63, 3.8) is 0 Å². The topological polar surface area (TPSA) is 144 Å². The second-order valence-corrected chi connectivity index (χ2v) is 6.92. The highest BCUT2D eigenvalue weighted by molar-refractivity contribution is 7.85. The summed E-state index contributed by atoms with van der Waals surface area (Å²) >= 11 is 0. The van der Waals surface area contributed by atoms with E-state index in [0.29, 0.717) is 11.3 Å². The van der Waals surface area contributed by atoms with Crippen LogP contribution >= 0.6 is 0 Å². The SMILES string of the molecule is Nc1cccc(C(=O)c2ccc3c(O)cc(S(=O)(=O)O)cc3c2N)c1. The first-order chi connectivity index (χ1) is 11.7. The fourth-order valence-electron chi connectivity index (χ4n) is 2.59. The zero-order valence-corrected chi connectivity index (χ0v) is 13.6. The summed E-state index contributed by atoms with van der Waals surface area (Å²) in [5.74, 6) is -0.775. The van der Waals surface area contributed by atoms with Crippen LogP contribution in [0.25, 0.3) is 10.8 Å². The summed E-state index contributed by atoms with van der Waals surface area (Å²) in [6.07, 6.45) is 0. The highest BCUT2D eigenvalue weighted by atomic mass is 32.2. The number of carbonyl (C=O) groups is 1. The van der Waals surface area contributed by atoms with Crippen molar-refractivity contribution in [3.05, 3.63) is 59.7 Å². The number of hydrogen-bond donors (Lipinski definition) is 4. The largest absolute Gasteiger partial charge is 0.507 e. The normalized spacial score (nSPS) is 11.6. The maximum absolute atomic E-state index is 12.7. The van der Waals surface area contributed by atoms with E-state index in [-0.39, 0.29) is 27.8 Å². The molecule has 8 heteroatoms. The lowest BCUT2D eigenvalue weighted by Gasteiger charge is -2.11. The van der Waals surface area contributed by atoms with E-state index < -0.39 is 20.8 Å². The molecule has 0 radical (unpaired) electrons. The minimum absolute atomic E-state index is 0.00859. The van der Waals surface area contributed by atoms with Crippen LogP contribution in [-0.4, -0.2) is 23.9 Å². The molecule has 7 nitrogen and oxygen atoms in total. The standard InChI is InChI=1S/C17H14N2O5S/c18-10-3-1-2-9(6-10)17(21)13-5-4-12-14(16(13)19)7-11(8-15(12)20)25(22,23)24/h1-8,20H,18-19H2,(H,22,23,24). The number of nitrogens with two attached hydrogens (primary N) is 2. The van der Waals surface area contributed by atoms with E-state index in [1.807, 2.05) is 0 Å². The van der Waals surface area contributed by atoms with Gasteiger partial charge in [0, 0.05) is 33.7 Å². The number of phenols is 1. The second-order valence-electron chi connectivity index (χ2n) is 5.49. The van der Waals surface area contributed by atoms with Crippen LogP contribution in [-0.2, 0) is 10.1 Å². The molecule has 3 rings (SSSR count). The molecule has 6 N–H and O–H groups in total. The Kier molecular flexibility index (Phi) is 3.86. The lowest BCUT2D eigenvalue weighted by molar-refractivity contribution is 0.103. The number of nitrogen functional groups attached to an aromatic ring is 2. The minimum Gasteiger partial charge on any atom is -0.507 e. The summed E-state index contributed by atoms with van der Waals surface area (Å²) in [5, 5.41) is 10.4. The van der Waals surface area contributed by atoms with Crippen molar-refractivity contribution < 1.29 is 22.9 Å². The van der Waals surface area contributed by atoms with Gasteiger partial charge in [-0.2, -0.15) is 8.42 Å². The van der Waals surface area contributed by atoms with Crippen molar-refractivity contribution >= 4 is 38.0 Å². The number of hydrogen-bond acceptors (Lipinski definition) is 6. The molecule has 3 aromatic carbocycles. The van der Waals surface area contributed by atoms with Crippen LogP contribution in [0.4, 0.5) is 11.4 Å². The van der Waals surface area contributed by atoms with Crippen LogP contribution in [0, 0.1) is 0 Å². The van der Waals surface area contributed by atoms with Gasteiger partial charge >= 0.3 is 0 Å². The summed E-state index contributed by atoms with van der Waals surface area (Å²) in [4.78, 5) is 12.1. The molecule has 25 heavy (non-hydrogen) atoms. The van der Waals surface area contributed by atoms with E-state index in [2.05, 4.69) is 0 Å². The Hall–Kier alpha value is -3.10. The van der Waals surface area contributed by atoms with E-state index in [4.69, 9.17) is 11.5 Å². The molecule has 0 saturated carbocycles. The van der Waals surface area contributed by atoms with Gasteiger partial charge in [0.05, 0.1) is 10.6 Å². The molecule has 0 aromatic heterocycles. The maximum atomic E-state index is 12.7. The molecule has 0 aliphatic rings. The van der Waals surface area contributed by atoms with Crippen LogP contribution in [0.15, 0.2) is 53.4 Å². The predicted molar refractivity (Wildman–Crippen MR) is 94.1 cm³/mol. The Bertz CT molecular complexity index is 1120. The number of ketones is 1. The Morgan fingerprint density at radius 1 is 0.960 bits per heavy atom. The van der Waals surface area contributed by atoms with Gasteiger partial charge in [0.25, 0.3) is 10.1 Å². The van der Waals surface area contributed by atoms with Crippen molar-refractivity contribution in [2.24, 2.45) is 0 Å². The van der Waals surface area contributed by atoms with E-state index in [9.17, 15) is 22.9 Å². The Morgan fingerprint density at radius 2 is 1.68 bits per heavy atom. The lowest BCUT2D eigenvalue weighted by Crippen LogP contribution is -2.07. The number of phenolic OH excluding ortho intramolecular Hbond substituents is 1. The van der Waals surface area contributed by atoms with E-state index in [1.165, 1.54) is 18.2 Å². The molecule has 3 aromatic rings. The molecular formula is C17H14N2O5S. The molecule has 0 heterocycles. The van der Waals surface area contributed by atoms with Gasteiger partial charge in [0.1, 0.15) is 5.75 Å². The van der Waals surface area contributed by atoms with Crippen LogP contribution in [0.5, 0.6) is 5.75 Å². The first-order valence-corrected chi connectivity index (χ1v) is 8.55. The Balaban J connectivity index is 2.25. The number of benzene rings is 3. The van der Waals surface area contributed by atoms with Gasteiger partial charge in [0.2, 0.25) is 0 Å². The quantitative estimate of drug-likeness (QED) is 0.319. The number of aromatic hydroxyl groups is 1. The number of rotatable bonds is 3. The number of anilines is 2. The third-order valence-electron chi connectivity index (χ3n) is 3.82. The predicted octanol–water partition coefficient (Wildman–Crippen LogP) is 2.19. The maximum Gasteiger partial charge on any atom is 0.294 e. The third kappa shape index (κ3) is 3.00. The molecule has 0 fully saturated rings. The lowest BCUT2D eigenvalue weighted by atomic mass is 9.97. The van der Waals surface area contributed by atoms with Gasteiger partial charge < -0.3 is 16.6 Å². The van der Waals surface area contributed by atoms with Crippen molar-refractivity contribution in [1.29, 1.82) is 0 Å². The molecule has 0 amide bonds. The molecule has 0 unspecified atom stereocenters. The summed E-state index contributed by atoms with van der Waals surface area (Å²) in [6.45, 7) is 0. The summed E-state index contributed by atoms with van der Waals surface area (Å²) < 4.78 is 31.9. The van der Waals surface area contributed by atoms with Gasteiger partial charge in [-0.05, 0) is 30.3 Å². The minimum atomic E-state index is -4.54. The molecule has 0 saturated heterocycles. The molecule has 0 spiro atoms. The van der Waals surface area contributed by atoms with Crippen molar-refractivity contribution in [3.8, 4) is 5.75 Å². The van der Waals surface area contributed by atoms with Crippen molar-refractivity contribution in [2.45, 2.75) is 4.90 Å². The van der Waals surface area contributed by atoms with Crippen LogP contribution in [0.2, 0.25) is 0 Å². The molecule has 0 bridgehead atoms. The van der Waals surface area contributed by atoms with Crippen molar-refractivity contribution in [1.82, 2.24) is 0 Å². The highest BCUT2D eigenvalue weighted by Gasteiger charge is 2.19. The van der Waals surface area contributed by atoms with Crippen LogP contribution in [0.3, 0.4) is 0 Å². The molecule has 0 aliphatic heterocycles. The van der Waals surface area contributed by atoms with Gasteiger partial charge in [0.15, 0.2) is 5.78 Å². The first-order valence-electron chi connectivity index (χ1n) is 7.11. The smallest absolute Gasteiger partial charge is 0.294 e. The van der Waals surface area contributed by atoms with Crippen molar-refractivity contribution in [2.75, 3.05) is 11.5 Å². The van der Waals surface area contributed by atoms with E-state index >= 15 is 0 Å². The highest BCUT2D eigenvalue weighted by Crippen LogP contribution is 2.34. The number of fused-ring (bicyclic) bond motifs is 1. The number of carbonyl (C=O) groups excluding carboxylic acids is 1. The second kappa shape index (κ2) is 5.76. The average Bonchev–Trinajstić information content (AvgIpc) is 2.54. The van der Waals surface area contributed by atoms with Gasteiger partial charge in [-0.15, -0.1) is 0 Å². The summed E-state index contributed by atoms with van der Waals surface area (Å²) in [7, 11) is -4.54. The zero-order chi connectivity index (χ0) is 18.4. The molecule has 0 atom stereocenters. The van der Waals surface area contributed by atoms with Crippen LogP contribution < -0.4 is 11.5 Å². The Labute approximate surface area is 143 Å². The van der Waals surface area contributed by atoms with Gasteiger partial charge in [-0.1, -0.05) is 12.1 Å². The van der Waals surface area contributed by atoms with Gasteiger partial charge in [-0.3, -0.25) is 9.35 Å². The first kappa shape index (κ1) is 16.7. The average molecular weight is 358 g/mol. The fourth-order valence-corrected chi connectivity index (χ4v) is 3.12. The Morgan fingerprint density at radius 3 is 2.32 bits per heavy atom. The van der Waals surface area contributed by atoms with Crippen LogP contribution in [0.1, 0.15) is 15.9 Å². The zero-order valence-electron chi connectivity index (χ0n) is 12.8. The summed E-state index contributed by atoms with van der Waals surface area (Å²) in [6, 6.07) is 11.3. The molecule has 128 valence electrons. The van der Waals surface area contributed by atoms with E-state index in [0.717, 1.165) is 12.1 Å². The molecular weight excluding hydrogens is 344 g/mol. The summed E-state index contributed by atoms with van der Waals surface area (Å²) in [5.41, 5.74) is 12.6. The van der Waals surface area contributed by atoms with Gasteiger partial charge in [-0.25, -0.2) is 0 Å².